The number of aromatic nitrogens is 1. The minimum atomic E-state index is -0.424. The number of halogens is 1. The predicted octanol–water partition coefficient (Wildman–Crippen LogP) is 1.90. The maximum Gasteiger partial charge on any atom is 0.182 e. The highest BCUT2D eigenvalue weighted by Gasteiger charge is 2.22. The molecule has 0 amide bonds. The van der Waals surface area contributed by atoms with Crippen LogP contribution in [0.3, 0.4) is 0 Å². The van der Waals surface area contributed by atoms with Crippen LogP contribution in [0.5, 0.6) is 0 Å². The van der Waals surface area contributed by atoms with Crippen molar-refractivity contribution in [1.29, 1.82) is 0 Å². The SMILES string of the molecule is CC1CN(CCC(=O)c2ccc(F)cn2)CC(C)O1. The van der Waals surface area contributed by atoms with E-state index in [2.05, 4.69) is 9.88 Å². The summed E-state index contributed by atoms with van der Waals surface area (Å²) >= 11 is 0. The first-order chi connectivity index (χ1) is 9.04. The lowest BCUT2D eigenvalue weighted by atomic mass is 10.1. The van der Waals surface area contributed by atoms with E-state index in [0.29, 0.717) is 18.7 Å². The number of carbonyl (C=O) groups is 1. The van der Waals surface area contributed by atoms with Gasteiger partial charge >= 0.3 is 0 Å². The first-order valence-corrected chi connectivity index (χ1v) is 6.57. The lowest BCUT2D eigenvalue weighted by molar-refractivity contribution is -0.0675. The van der Waals surface area contributed by atoms with Crippen molar-refractivity contribution >= 4 is 5.78 Å². The van der Waals surface area contributed by atoms with Gasteiger partial charge in [-0.2, -0.15) is 0 Å². The fourth-order valence-corrected chi connectivity index (χ4v) is 2.40. The average molecular weight is 266 g/mol. The third-order valence-corrected chi connectivity index (χ3v) is 3.16. The van der Waals surface area contributed by atoms with Gasteiger partial charge in [-0.15, -0.1) is 0 Å². The molecule has 0 N–H and O–H groups in total. The van der Waals surface area contributed by atoms with E-state index in [4.69, 9.17) is 4.74 Å². The Morgan fingerprint density at radius 3 is 2.68 bits per heavy atom. The summed E-state index contributed by atoms with van der Waals surface area (Å²) in [4.78, 5) is 17.9. The Morgan fingerprint density at radius 2 is 2.11 bits per heavy atom. The number of Topliss-reactive ketones (excluding diaryl/α,β-unsaturated/α-hetero) is 1. The molecule has 5 heteroatoms. The van der Waals surface area contributed by atoms with Gasteiger partial charge < -0.3 is 4.74 Å². The number of carbonyl (C=O) groups excluding carboxylic acids is 1. The van der Waals surface area contributed by atoms with Crippen molar-refractivity contribution in [2.24, 2.45) is 0 Å². The first kappa shape index (κ1) is 14.1. The number of hydrogen-bond donors (Lipinski definition) is 0. The maximum absolute atomic E-state index is 12.7. The number of ether oxygens (including phenoxy) is 1. The van der Waals surface area contributed by atoms with Gasteiger partial charge in [0.15, 0.2) is 5.78 Å². The molecule has 4 nitrogen and oxygen atoms in total. The van der Waals surface area contributed by atoms with Gasteiger partial charge in [-0.1, -0.05) is 0 Å². The molecule has 2 heterocycles. The second-order valence-corrected chi connectivity index (χ2v) is 5.05. The van der Waals surface area contributed by atoms with Crippen LogP contribution in [0.4, 0.5) is 4.39 Å². The third kappa shape index (κ3) is 4.08. The van der Waals surface area contributed by atoms with Gasteiger partial charge in [0.25, 0.3) is 0 Å². The van der Waals surface area contributed by atoms with Crippen molar-refractivity contribution in [3.8, 4) is 0 Å². The van der Waals surface area contributed by atoms with Gasteiger partial charge in [-0.05, 0) is 26.0 Å². The lowest BCUT2D eigenvalue weighted by Gasteiger charge is -2.35. The second-order valence-electron chi connectivity index (χ2n) is 5.05. The number of hydrogen-bond acceptors (Lipinski definition) is 4. The zero-order valence-electron chi connectivity index (χ0n) is 11.3. The maximum atomic E-state index is 12.7. The summed E-state index contributed by atoms with van der Waals surface area (Å²) in [6.07, 6.45) is 1.87. The van der Waals surface area contributed by atoms with Crippen molar-refractivity contribution in [3.63, 3.8) is 0 Å². The fourth-order valence-electron chi connectivity index (χ4n) is 2.40. The van der Waals surface area contributed by atoms with E-state index >= 15 is 0 Å². The van der Waals surface area contributed by atoms with Crippen LogP contribution in [0.25, 0.3) is 0 Å². The van der Waals surface area contributed by atoms with Crippen molar-refractivity contribution < 1.29 is 13.9 Å². The molecule has 0 aromatic carbocycles. The standard InChI is InChI=1S/C14H19FN2O2/c1-10-8-17(9-11(2)19-10)6-5-14(18)13-4-3-12(15)7-16-13/h3-4,7,10-11H,5-6,8-9H2,1-2H3. The molecular formula is C14H19FN2O2. The molecule has 2 atom stereocenters. The Kier molecular flexibility index (Phi) is 4.61. The van der Waals surface area contributed by atoms with Crippen LogP contribution in [0.1, 0.15) is 30.8 Å². The van der Waals surface area contributed by atoms with Crippen molar-refractivity contribution in [2.75, 3.05) is 19.6 Å². The molecule has 104 valence electrons. The summed E-state index contributed by atoms with van der Waals surface area (Å²) in [6.45, 7) is 6.44. The van der Waals surface area contributed by atoms with E-state index < -0.39 is 5.82 Å². The summed E-state index contributed by atoms with van der Waals surface area (Å²) in [5.41, 5.74) is 0.329. The molecule has 0 bridgehead atoms. The van der Waals surface area contributed by atoms with Crippen LogP contribution in [0.2, 0.25) is 0 Å². The molecule has 2 rings (SSSR count). The van der Waals surface area contributed by atoms with E-state index in [1.807, 2.05) is 13.8 Å². The summed E-state index contributed by atoms with van der Waals surface area (Å²) in [5, 5.41) is 0. The number of nitrogens with zero attached hydrogens (tertiary/aromatic N) is 2. The molecule has 1 aromatic heterocycles. The Hall–Kier alpha value is -1.33. The molecule has 1 fully saturated rings. The number of pyridine rings is 1. The van der Waals surface area contributed by atoms with E-state index in [0.717, 1.165) is 19.3 Å². The van der Waals surface area contributed by atoms with E-state index in [1.54, 1.807) is 0 Å². The van der Waals surface area contributed by atoms with Gasteiger partial charge in [0, 0.05) is 26.1 Å². The van der Waals surface area contributed by atoms with E-state index in [1.165, 1.54) is 12.1 Å². The number of ketones is 1. The van der Waals surface area contributed by atoms with Gasteiger partial charge in [0.1, 0.15) is 11.5 Å². The predicted molar refractivity (Wildman–Crippen MR) is 69.6 cm³/mol. The van der Waals surface area contributed by atoms with Crippen LogP contribution in [0, 0.1) is 5.82 Å². The summed E-state index contributed by atoms with van der Waals surface area (Å²) in [7, 11) is 0. The molecule has 1 aromatic rings. The zero-order chi connectivity index (χ0) is 13.8. The minimum Gasteiger partial charge on any atom is -0.373 e. The van der Waals surface area contributed by atoms with E-state index in [-0.39, 0.29) is 18.0 Å². The minimum absolute atomic E-state index is 0.0493. The van der Waals surface area contributed by atoms with Crippen LogP contribution in [-0.2, 0) is 4.74 Å². The van der Waals surface area contributed by atoms with Gasteiger partial charge in [-0.3, -0.25) is 14.7 Å². The topological polar surface area (TPSA) is 42.4 Å². The Labute approximate surface area is 112 Å². The Morgan fingerprint density at radius 1 is 1.42 bits per heavy atom. The van der Waals surface area contributed by atoms with Gasteiger partial charge in [-0.25, -0.2) is 4.39 Å². The Bertz CT molecular complexity index is 426. The monoisotopic (exact) mass is 266 g/mol. The third-order valence-electron chi connectivity index (χ3n) is 3.16. The van der Waals surface area contributed by atoms with Crippen LogP contribution in [-0.4, -0.2) is 47.5 Å². The molecule has 0 radical (unpaired) electrons. The molecule has 0 aliphatic carbocycles. The normalized spacial score (nSPS) is 24.4. The van der Waals surface area contributed by atoms with Crippen molar-refractivity contribution in [3.05, 3.63) is 29.8 Å². The first-order valence-electron chi connectivity index (χ1n) is 6.57. The quantitative estimate of drug-likeness (QED) is 0.781. The summed E-state index contributed by atoms with van der Waals surface area (Å²) in [5.74, 6) is -0.473. The second kappa shape index (κ2) is 6.21. The fraction of sp³-hybridized carbons (Fsp3) is 0.571. The molecule has 19 heavy (non-hydrogen) atoms. The number of morpholine rings is 1. The molecular weight excluding hydrogens is 247 g/mol. The molecule has 2 unspecified atom stereocenters. The highest BCUT2D eigenvalue weighted by atomic mass is 19.1. The summed E-state index contributed by atoms with van der Waals surface area (Å²) < 4.78 is 18.4. The van der Waals surface area contributed by atoms with Crippen molar-refractivity contribution in [2.45, 2.75) is 32.5 Å². The molecule has 1 aliphatic rings. The lowest BCUT2D eigenvalue weighted by Crippen LogP contribution is -2.46. The van der Waals surface area contributed by atoms with Crippen LogP contribution in [0.15, 0.2) is 18.3 Å². The molecule has 1 aliphatic heterocycles. The highest BCUT2D eigenvalue weighted by molar-refractivity contribution is 5.94. The van der Waals surface area contributed by atoms with Gasteiger partial charge in [0.05, 0.1) is 18.4 Å². The highest BCUT2D eigenvalue weighted by Crippen LogP contribution is 2.11. The largest absolute Gasteiger partial charge is 0.373 e. The van der Waals surface area contributed by atoms with Crippen LogP contribution >= 0.6 is 0 Å². The van der Waals surface area contributed by atoms with Crippen LogP contribution < -0.4 is 0 Å². The van der Waals surface area contributed by atoms with E-state index in [9.17, 15) is 9.18 Å². The molecule has 1 saturated heterocycles. The number of rotatable bonds is 4. The zero-order valence-corrected chi connectivity index (χ0v) is 11.3. The molecule has 0 spiro atoms. The Balaban J connectivity index is 1.84. The average Bonchev–Trinajstić information content (AvgIpc) is 2.36. The smallest absolute Gasteiger partial charge is 0.182 e. The van der Waals surface area contributed by atoms with Gasteiger partial charge in [0.2, 0.25) is 0 Å². The van der Waals surface area contributed by atoms with Crippen molar-refractivity contribution in [1.82, 2.24) is 9.88 Å². The summed E-state index contributed by atoms with van der Waals surface area (Å²) in [6, 6.07) is 2.70. The molecule has 0 saturated carbocycles.